The van der Waals surface area contributed by atoms with E-state index in [1.54, 1.807) is 12.1 Å². The van der Waals surface area contributed by atoms with Crippen molar-refractivity contribution >= 4 is 29.0 Å². The number of hydrogen-bond donors (Lipinski definition) is 1. The summed E-state index contributed by atoms with van der Waals surface area (Å²) in [5.74, 6) is -0.549. The minimum absolute atomic E-state index is 0.105. The van der Waals surface area contributed by atoms with Crippen molar-refractivity contribution in [2.24, 2.45) is 5.10 Å². The van der Waals surface area contributed by atoms with E-state index in [0.29, 0.717) is 5.56 Å². The quantitative estimate of drug-likeness (QED) is 0.519. The van der Waals surface area contributed by atoms with Gasteiger partial charge in [-0.25, -0.2) is 4.79 Å². The number of hydrogen-bond acceptors (Lipinski definition) is 6. The zero-order valence-electron chi connectivity index (χ0n) is 9.92. The topological polar surface area (TPSA) is 93.8 Å². The highest BCUT2D eigenvalue weighted by Crippen LogP contribution is 2.32. The molecular weight excluding hydrogens is 274 g/mol. The summed E-state index contributed by atoms with van der Waals surface area (Å²) in [7, 11) is 1.25. The monoisotopic (exact) mass is 283 g/mol. The number of carbonyl (C=O) groups is 1. The van der Waals surface area contributed by atoms with Gasteiger partial charge >= 0.3 is 5.97 Å². The molecule has 1 aromatic carbocycles. The SMILES string of the molecule is COC(=O)C1=NNC(c2ccc(Cl)cc2[N+](=O)[O-])C1. The van der Waals surface area contributed by atoms with Gasteiger partial charge < -0.3 is 10.2 Å². The maximum absolute atomic E-state index is 11.3. The number of carbonyl (C=O) groups excluding carboxylic acids is 1. The molecule has 100 valence electrons. The van der Waals surface area contributed by atoms with Gasteiger partial charge in [0.25, 0.3) is 5.69 Å². The molecule has 0 aliphatic carbocycles. The average Bonchev–Trinajstić information content (AvgIpc) is 2.87. The fourth-order valence-corrected chi connectivity index (χ4v) is 2.00. The summed E-state index contributed by atoms with van der Waals surface area (Å²) in [6.45, 7) is 0. The van der Waals surface area contributed by atoms with Crippen LogP contribution < -0.4 is 5.43 Å². The van der Waals surface area contributed by atoms with Crippen molar-refractivity contribution in [1.82, 2.24) is 5.43 Å². The van der Waals surface area contributed by atoms with Crippen molar-refractivity contribution in [3.8, 4) is 0 Å². The molecule has 0 bridgehead atoms. The molecule has 0 saturated carbocycles. The number of rotatable bonds is 3. The Labute approximate surface area is 113 Å². The largest absolute Gasteiger partial charge is 0.464 e. The van der Waals surface area contributed by atoms with Crippen LogP contribution in [-0.4, -0.2) is 23.7 Å². The summed E-state index contributed by atoms with van der Waals surface area (Å²) in [5.41, 5.74) is 3.22. The Morgan fingerprint density at radius 2 is 2.37 bits per heavy atom. The van der Waals surface area contributed by atoms with E-state index in [9.17, 15) is 14.9 Å². The highest BCUT2D eigenvalue weighted by Gasteiger charge is 2.30. The van der Waals surface area contributed by atoms with Crippen LogP contribution in [0, 0.1) is 10.1 Å². The first-order valence-electron chi connectivity index (χ1n) is 5.37. The normalized spacial score (nSPS) is 17.6. The Bertz CT molecular complexity index is 573. The van der Waals surface area contributed by atoms with E-state index in [1.807, 2.05) is 0 Å². The number of nitrogens with zero attached hydrogens (tertiary/aromatic N) is 2. The molecule has 2 rings (SSSR count). The van der Waals surface area contributed by atoms with Crippen LogP contribution in [0.4, 0.5) is 5.69 Å². The molecule has 1 aliphatic rings. The molecule has 8 heteroatoms. The molecule has 1 aromatic rings. The molecule has 19 heavy (non-hydrogen) atoms. The minimum Gasteiger partial charge on any atom is -0.464 e. The zero-order chi connectivity index (χ0) is 14.0. The molecule has 0 amide bonds. The van der Waals surface area contributed by atoms with Crippen LogP contribution in [0.15, 0.2) is 23.3 Å². The first-order chi connectivity index (χ1) is 9.02. The maximum atomic E-state index is 11.3. The average molecular weight is 284 g/mol. The Morgan fingerprint density at radius 3 is 3.00 bits per heavy atom. The van der Waals surface area contributed by atoms with Crippen molar-refractivity contribution in [3.05, 3.63) is 38.9 Å². The third kappa shape index (κ3) is 2.65. The molecule has 1 aliphatic heterocycles. The smallest absolute Gasteiger partial charge is 0.354 e. The van der Waals surface area contributed by atoms with Crippen LogP contribution in [0.3, 0.4) is 0 Å². The summed E-state index contributed by atoms with van der Waals surface area (Å²) in [6, 6.07) is 3.94. The predicted octanol–water partition coefficient (Wildman–Crippen LogP) is 1.81. The standard InChI is InChI=1S/C11H10ClN3O4/c1-19-11(16)9-5-8(13-14-9)7-3-2-6(12)4-10(7)15(17)18/h2-4,8,13H,5H2,1H3. The Balaban J connectivity index is 2.26. The number of nitrogens with one attached hydrogen (secondary N) is 1. The molecular formula is C11H10ClN3O4. The van der Waals surface area contributed by atoms with Gasteiger partial charge in [0.05, 0.1) is 23.6 Å². The van der Waals surface area contributed by atoms with Gasteiger partial charge in [-0.2, -0.15) is 5.10 Å². The second kappa shape index (κ2) is 5.23. The highest BCUT2D eigenvalue weighted by molar-refractivity contribution is 6.37. The molecule has 1 atom stereocenters. The van der Waals surface area contributed by atoms with E-state index in [4.69, 9.17) is 11.6 Å². The van der Waals surface area contributed by atoms with Crippen LogP contribution in [0.5, 0.6) is 0 Å². The van der Waals surface area contributed by atoms with Crippen LogP contribution >= 0.6 is 11.6 Å². The third-order valence-electron chi connectivity index (χ3n) is 2.74. The lowest BCUT2D eigenvalue weighted by atomic mass is 10.0. The van der Waals surface area contributed by atoms with Crippen LogP contribution in [0.25, 0.3) is 0 Å². The van der Waals surface area contributed by atoms with Crippen molar-refractivity contribution < 1.29 is 14.5 Å². The van der Waals surface area contributed by atoms with Crippen LogP contribution in [0.1, 0.15) is 18.0 Å². The van der Waals surface area contributed by atoms with Gasteiger partial charge in [0.2, 0.25) is 0 Å². The van der Waals surface area contributed by atoms with E-state index in [2.05, 4.69) is 15.3 Å². The summed E-state index contributed by atoms with van der Waals surface area (Å²) in [5, 5.41) is 15.1. The van der Waals surface area contributed by atoms with Gasteiger partial charge in [0.15, 0.2) is 0 Å². The Hall–Kier alpha value is -2.15. The number of hydrazone groups is 1. The number of halogens is 1. The molecule has 0 saturated heterocycles. The molecule has 1 N–H and O–H groups in total. The molecule has 1 unspecified atom stereocenters. The van der Waals surface area contributed by atoms with E-state index < -0.39 is 16.9 Å². The number of benzene rings is 1. The predicted molar refractivity (Wildman–Crippen MR) is 68.1 cm³/mol. The first-order valence-corrected chi connectivity index (χ1v) is 5.75. The fourth-order valence-electron chi connectivity index (χ4n) is 1.84. The van der Waals surface area contributed by atoms with E-state index in [0.717, 1.165) is 0 Å². The van der Waals surface area contributed by atoms with Crippen LogP contribution in [0.2, 0.25) is 5.02 Å². The van der Waals surface area contributed by atoms with Gasteiger partial charge in [0, 0.05) is 17.5 Å². The van der Waals surface area contributed by atoms with Gasteiger partial charge in [-0.1, -0.05) is 11.6 Å². The van der Waals surface area contributed by atoms with Gasteiger partial charge in [-0.3, -0.25) is 10.1 Å². The molecule has 0 spiro atoms. The second-order valence-corrected chi connectivity index (χ2v) is 4.33. The van der Waals surface area contributed by atoms with Crippen molar-refractivity contribution in [2.75, 3.05) is 7.11 Å². The summed E-state index contributed by atoms with van der Waals surface area (Å²) in [6.07, 6.45) is 0.231. The number of esters is 1. The number of nitro groups is 1. The zero-order valence-corrected chi connectivity index (χ0v) is 10.7. The van der Waals surface area contributed by atoms with Crippen molar-refractivity contribution in [3.63, 3.8) is 0 Å². The molecule has 0 fully saturated rings. The first kappa shape index (κ1) is 13.3. The van der Waals surface area contributed by atoms with Gasteiger partial charge in [0.1, 0.15) is 5.71 Å². The maximum Gasteiger partial charge on any atom is 0.354 e. The van der Waals surface area contributed by atoms with Gasteiger partial charge in [-0.05, 0) is 12.1 Å². The van der Waals surface area contributed by atoms with Crippen molar-refractivity contribution in [2.45, 2.75) is 12.5 Å². The highest BCUT2D eigenvalue weighted by atomic mass is 35.5. The van der Waals surface area contributed by atoms with E-state index >= 15 is 0 Å². The molecule has 0 aromatic heterocycles. The van der Waals surface area contributed by atoms with E-state index in [-0.39, 0.29) is 22.8 Å². The minimum atomic E-state index is -0.549. The van der Waals surface area contributed by atoms with Gasteiger partial charge in [-0.15, -0.1) is 0 Å². The third-order valence-corrected chi connectivity index (χ3v) is 2.97. The lowest BCUT2D eigenvalue weighted by Crippen LogP contribution is -2.15. The lowest BCUT2D eigenvalue weighted by molar-refractivity contribution is -0.385. The summed E-state index contributed by atoms with van der Waals surface area (Å²) in [4.78, 5) is 21.8. The summed E-state index contributed by atoms with van der Waals surface area (Å²) >= 11 is 5.74. The molecule has 0 radical (unpaired) electrons. The summed E-state index contributed by atoms with van der Waals surface area (Å²) < 4.78 is 4.55. The van der Waals surface area contributed by atoms with Crippen molar-refractivity contribution in [1.29, 1.82) is 0 Å². The van der Waals surface area contributed by atoms with Crippen LogP contribution in [-0.2, 0) is 9.53 Å². The number of ether oxygens (including phenoxy) is 1. The van der Waals surface area contributed by atoms with E-state index in [1.165, 1.54) is 13.2 Å². The molecule has 7 nitrogen and oxygen atoms in total. The Morgan fingerprint density at radius 1 is 1.63 bits per heavy atom. The fraction of sp³-hybridized carbons (Fsp3) is 0.273. The Kier molecular flexibility index (Phi) is 3.66. The molecule has 1 heterocycles. The number of nitro benzene ring substituents is 1. The lowest BCUT2D eigenvalue weighted by Gasteiger charge is -2.10. The number of methoxy groups -OCH3 is 1. The second-order valence-electron chi connectivity index (χ2n) is 3.90.